The largest absolute Gasteiger partial charge is 0.497 e. The van der Waals surface area contributed by atoms with Crippen molar-refractivity contribution >= 4 is 11.9 Å². The van der Waals surface area contributed by atoms with Crippen molar-refractivity contribution in [1.82, 2.24) is 0 Å². The molecule has 0 saturated carbocycles. The first-order valence-corrected chi connectivity index (χ1v) is 8.21. The molecule has 5 nitrogen and oxygen atoms in total. The number of methoxy groups -OCH3 is 3. The van der Waals surface area contributed by atoms with Crippen LogP contribution in [-0.4, -0.2) is 33.3 Å². The molecule has 5 heteroatoms. The fourth-order valence-electron chi connectivity index (χ4n) is 2.96. The lowest BCUT2D eigenvalue weighted by Gasteiger charge is -2.33. The molecule has 1 aromatic rings. The van der Waals surface area contributed by atoms with Gasteiger partial charge in [0.2, 0.25) is 0 Å². The first-order valence-electron chi connectivity index (χ1n) is 8.21. The maximum absolute atomic E-state index is 12.6. The van der Waals surface area contributed by atoms with Crippen LogP contribution in [0.4, 0.5) is 0 Å². The topological polar surface area (TPSA) is 61.8 Å². The predicted octanol–water partition coefficient (Wildman–Crippen LogP) is 2.90. The second-order valence-electron chi connectivity index (χ2n) is 5.82. The lowest BCUT2D eigenvalue weighted by atomic mass is 9.70. The Hall–Kier alpha value is -3.00. The second-order valence-corrected chi connectivity index (χ2v) is 5.82. The maximum Gasteiger partial charge on any atom is 0.324 e. The number of ether oxygens (including phenoxy) is 3. The van der Waals surface area contributed by atoms with Crippen molar-refractivity contribution in [2.45, 2.75) is 12.8 Å². The third-order valence-electron chi connectivity index (χ3n) is 4.38. The normalized spacial score (nSPS) is 15.6. The number of rotatable bonds is 5. The van der Waals surface area contributed by atoms with E-state index in [1.165, 1.54) is 14.2 Å². The molecule has 1 unspecified atom stereocenters. The fourth-order valence-corrected chi connectivity index (χ4v) is 2.96. The number of hydrogen-bond donors (Lipinski definition) is 0. The summed E-state index contributed by atoms with van der Waals surface area (Å²) in [5.41, 5.74) is -0.775. The van der Waals surface area contributed by atoms with Crippen LogP contribution >= 0.6 is 0 Å². The molecule has 0 amide bonds. The zero-order chi connectivity index (χ0) is 19.0. The summed E-state index contributed by atoms with van der Waals surface area (Å²) in [6.07, 6.45) is 7.93. The van der Waals surface area contributed by atoms with Gasteiger partial charge in [0.25, 0.3) is 0 Å². The van der Waals surface area contributed by atoms with Crippen molar-refractivity contribution in [3.63, 3.8) is 0 Å². The summed E-state index contributed by atoms with van der Waals surface area (Å²) in [6.45, 7) is 0. The van der Waals surface area contributed by atoms with Crippen LogP contribution in [-0.2, 0) is 19.1 Å². The molecule has 136 valence electrons. The van der Waals surface area contributed by atoms with Gasteiger partial charge in [0, 0.05) is 17.9 Å². The van der Waals surface area contributed by atoms with Gasteiger partial charge in [-0.3, -0.25) is 9.59 Å². The molecule has 0 N–H and O–H groups in total. The molecule has 1 aliphatic rings. The number of esters is 2. The average molecular weight is 354 g/mol. The molecule has 2 rings (SSSR count). The van der Waals surface area contributed by atoms with Gasteiger partial charge in [0.15, 0.2) is 5.41 Å². The Kier molecular flexibility index (Phi) is 6.62. The van der Waals surface area contributed by atoms with E-state index in [0.29, 0.717) is 12.2 Å². The van der Waals surface area contributed by atoms with E-state index < -0.39 is 17.4 Å². The first kappa shape index (κ1) is 19.3. The molecular formula is C21H22O5. The minimum absolute atomic E-state index is 0.00754. The molecule has 26 heavy (non-hydrogen) atoms. The van der Waals surface area contributed by atoms with Crippen LogP contribution in [0.1, 0.15) is 18.4 Å². The number of benzene rings is 1. The van der Waals surface area contributed by atoms with Gasteiger partial charge in [-0.15, -0.1) is 0 Å². The Bertz CT molecular complexity index is 763. The minimum Gasteiger partial charge on any atom is -0.497 e. The van der Waals surface area contributed by atoms with Gasteiger partial charge in [-0.05, 0) is 24.6 Å². The summed E-state index contributed by atoms with van der Waals surface area (Å²) >= 11 is 0. The van der Waals surface area contributed by atoms with E-state index in [4.69, 9.17) is 14.2 Å². The van der Waals surface area contributed by atoms with Crippen LogP contribution in [0, 0.1) is 23.2 Å². The van der Waals surface area contributed by atoms with E-state index in [2.05, 4.69) is 11.8 Å². The lowest BCUT2D eigenvalue weighted by molar-refractivity contribution is -0.172. The SMILES string of the molecule is COC(=O)C(CC#Cc1cccc(OC)c1)(C(=O)OC)C1C=CC=CC1. The van der Waals surface area contributed by atoms with Gasteiger partial charge >= 0.3 is 11.9 Å². The monoisotopic (exact) mass is 354 g/mol. The standard InChI is InChI=1S/C21H22O5/c1-24-18-13-7-9-16(15-18)10-8-14-21(19(22)25-2,20(23)26-3)17-11-5-4-6-12-17/h4-7,9,11,13,15,17H,12,14H2,1-3H3. The number of allylic oxidation sites excluding steroid dienone is 4. The highest BCUT2D eigenvalue weighted by molar-refractivity contribution is 6.01. The molecule has 0 aromatic heterocycles. The summed E-state index contributed by atoms with van der Waals surface area (Å²) in [5.74, 6) is 4.95. The summed E-state index contributed by atoms with van der Waals surface area (Å²) < 4.78 is 15.1. The van der Waals surface area contributed by atoms with Crippen molar-refractivity contribution < 1.29 is 23.8 Å². The first-order chi connectivity index (χ1) is 12.6. The highest BCUT2D eigenvalue weighted by Crippen LogP contribution is 2.39. The highest BCUT2D eigenvalue weighted by atomic mass is 16.5. The van der Waals surface area contributed by atoms with E-state index in [9.17, 15) is 9.59 Å². The molecule has 0 radical (unpaired) electrons. The van der Waals surface area contributed by atoms with Crippen LogP contribution < -0.4 is 4.74 Å². The van der Waals surface area contributed by atoms with E-state index >= 15 is 0 Å². The Labute approximate surface area is 153 Å². The third-order valence-corrected chi connectivity index (χ3v) is 4.38. The van der Waals surface area contributed by atoms with Crippen molar-refractivity contribution in [3.8, 4) is 17.6 Å². The van der Waals surface area contributed by atoms with Crippen LogP contribution in [0.5, 0.6) is 5.75 Å². The number of carbonyl (C=O) groups is 2. The zero-order valence-corrected chi connectivity index (χ0v) is 15.2. The van der Waals surface area contributed by atoms with Crippen LogP contribution in [0.2, 0.25) is 0 Å². The summed E-state index contributed by atoms with van der Waals surface area (Å²) in [4.78, 5) is 25.2. The number of hydrogen-bond acceptors (Lipinski definition) is 5. The van der Waals surface area contributed by atoms with Crippen molar-refractivity contribution in [2.75, 3.05) is 21.3 Å². The maximum atomic E-state index is 12.6. The van der Waals surface area contributed by atoms with Crippen LogP contribution in [0.15, 0.2) is 48.6 Å². The number of carbonyl (C=O) groups excluding carboxylic acids is 2. The molecule has 1 aliphatic carbocycles. The van der Waals surface area contributed by atoms with Crippen molar-refractivity contribution in [1.29, 1.82) is 0 Å². The Morgan fingerprint density at radius 2 is 1.88 bits per heavy atom. The fraction of sp³-hybridized carbons (Fsp3) is 0.333. The zero-order valence-electron chi connectivity index (χ0n) is 15.2. The summed E-state index contributed by atoms with van der Waals surface area (Å²) in [5, 5.41) is 0. The van der Waals surface area contributed by atoms with Crippen LogP contribution in [0.25, 0.3) is 0 Å². The van der Waals surface area contributed by atoms with E-state index in [1.807, 2.05) is 42.5 Å². The van der Waals surface area contributed by atoms with Gasteiger partial charge in [-0.2, -0.15) is 0 Å². The minimum atomic E-state index is -1.50. The summed E-state index contributed by atoms with van der Waals surface area (Å²) in [6, 6.07) is 7.26. The lowest BCUT2D eigenvalue weighted by Crippen LogP contribution is -2.46. The van der Waals surface area contributed by atoms with E-state index in [0.717, 1.165) is 5.56 Å². The van der Waals surface area contributed by atoms with Gasteiger partial charge in [-0.25, -0.2) is 0 Å². The van der Waals surface area contributed by atoms with Crippen molar-refractivity contribution in [3.05, 3.63) is 54.1 Å². The van der Waals surface area contributed by atoms with Gasteiger partial charge in [0.1, 0.15) is 5.75 Å². The molecule has 0 fully saturated rings. The van der Waals surface area contributed by atoms with E-state index in [1.54, 1.807) is 13.2 Å². The molecule has 1 atom stereocenters. The Morgan fingerprint density at radius 1 is 1.15 bits per heavy atom. The summed E-state index contributed by atoms with van der Waals surface area (Å²) in [7, 11) is 4.10. The van der Waals surface area contributed by atoms with E-state index in [-0.39, 0.29) is 12.3 Å². The Morgan fingerprint density at radius 3 is 2.46 bits per heavy atom. The Balaban J connectivity index is 2.39. The van der Waals surface area contributed by atoms with Crippen LogP contribution in [0.3, 0.4) is 0 Å². The molecule has 0 spiro atoms. The predicted molar refractivity (Wildman–Crippen MR) is 97.3 cm³/mol. The van der Waals surface area contributed by atoms with Gasteiger partial charge in [-0.1, -0.05) is 42.2 Å². The molecule has 0 heterocycles. The smallest absolute Gasteiger partial charge is 0.324 e. The molecule has 0 saturated heterocycles. The molecule has 0 bridgehead atoms. The second kappa shape index (κ2) is 8.91. The third kappa shape index (κ3) is 3.97. The quantitative estimate of drug-likeness (QED) is 0.462. The molecule has 0 aliphatic heterocycles. The molecule has 1 aromatic carbocycles. The van der Waals surface area contributed by atoms with Gasteiger partial charge < -0.3 is 14.2 Å². The average Bonchev–Trinajstić information content (AvgIpc) is 2.71. The highest BCUT2D eigenvalue weighted by Gasteiger charge is 2.53. The van der Waals surface area contributed by atoms with Crippen molar-refractivity contribution in [2.24, 2.45) is 11.3 Å². The molecular weight excluding hydrogens is 332 g/mol. The van der Waals surface area contributed by atoms with Gasteiger partial charge in [0.05, 0.1) is 21.3 Å².